The summed E-state index contributed by atoms with van der Waals surface area (Å²) < 4.78 is 0. The maximum Gasteiger partial charge on any atom is 0.100 e. The van der Waals surface area contributed by atoms with Crippen molar-refractivity contribution in [3.8, 4) is 0 Å². The Kier molecular flexibility index (Phi) is 2.08. The molecule has 0 atom stereocenters. The lowest BCUT2D eigenvalue weighted by atomic mass is 10.2. The van der Waals surface area contributed by atoms with Gasteiger partial charge < -0.3 is 0 Å². The van der Waals surface area contributed by atoms with E-state index in [0.717, 1.165) is 28.0 Å². The molecule has 0 unspecified atom stereocenters. The van der Waals surface area contributed by atoms with Crippen LogP contribution in [0.2, 0.25) is 0 Å². The molecule has 2 aromatic carbocycles. The smallest absolute Gasteiger partial charge is 0.100 e. The highest BCUT2D eigenvalue weighted by Gasteiger charge is 2.17. The summed E-state index contributed by atoms with van der Waals surface area (Å²) >= 11 is 0. The van der Waals surface area contributed by atoms with E-state index in [-0.39, 0.29) is 0 Å². The fraction of sp³-hybridized carbons (Fsp3) is 0. The van der Waals surface area contributed by atoms with Gasteiger partial charge in [-0.3, -0.25) is 15.8 Å². The van der Waals surface area contributed by atoms with E-state index in [4.69, 9.17) is 0 Å². The van der Waals surface area contributed by atoms with Gasteiger partial charge in [-0.2, -0.15) is 5.12 Å². The maximum atomic E-state index is 4.47. The molecular weight excluding hydrogens is 236 g/mol. The number of aromatic nitrogens is 1. The van der Waals surface area contributed by atoms with Crippen molar-refractivity contribution in [2.75, 3.05) is 16.0 Å². The summed E-state index contributed by atoms with van der Waals surface area (Å²) in [6.07, 6.45) is 1.86. The van der Waals surface area contributed by atoms with Gasteiger partial charge in [-0.1, -0.05) is 30.3 Å². The van der Waals surface area contributed by atoms with E-state index >= 15 is 0 Å². The molecule has 92 valence electrons. The van der Waals surface area contributed by atoms with Crippen LogP contribution in [0.3, 0.4) is 0 Å². The Hall–Kier alpha value is -2.75. The molecule has 2 N–H and O–H groups in total. The van der Waals surface area contributed by atoms with Gasteiger partial charge in [0.25, 0.3) is 0 Å². The van der Waals surface area contributed by atoms with E-state index in [0.29, 0.717) is 0 Å². The van der Waals surface area contributed by atoms with Crippen molar-refractivity contribution in [1.29, 1.82) is 0 Å². The number of para-hydroxylation sites is 3. The van der Waals surface area contributed by atoms with Gasteiger partial charge in [0.1, 0.15) is 5.69 Å². The quantitative estimate of drug-likeness (QED) is 0.692. The van der Waals surface area contributed by atoms with Crippen LogP contribution in [0, 0.1) is 0 Å². The molecule has 0 amide bonds. The second-order valence-corrected chi connectivity index (χ2v) is 4.49. The summed E-state index contributed by atoms with van der Waals surface area (Å²) in [7, 11) is 0. The summed E-state index contributed by atoms with van der Waals surface area (Å²) in [4.78, 5) is 4.47. The number of fused-ring (bicyclic) bond motifs is 2. The van der Waals surface area contributed by atoms with E-state index in [2.05, 4.69) is 28.0 Å². The van der Waals surface area contributed by atoms with E-state index < -0.39 is 0 Å². The summed E-state index contributed by atoms with van der Waals surface area (Å²) in [6.45, 7) is 0. The van der Waals surface area contributed by atoms with Gasteiger partial charge in [-0.05, 0) is 24.3 Å². The Morgan fingerprint density at radius 3 is 2.32 bits per heavy atom. The second-order valence-electron chi connectivity index (χ2n) is 4.49. The lowest BCUT2D eigenvalue weighted by Crippen LogP contribution is -2.29. The molecule has 0 fully saturated rings. The van der Waals surface area contributed by atoms with Crippen LogP contribution in [0.4, 0.5) is 17.1 Å². The van der Waals surface area contributed by atoms with Gasteiger partial charge in [0, 0.05) is 5.39 Å². The Labute approximate surface area is 110 Å². The first-order chi connectivity index (χ1) is 9.40. The van der Waals surface area contributed by atoms with Crippen LogP contribution < -0.4 is 16.0 Å². The Morgan fingerprint density at radius 2 is 1.53 bits per heavy atom. The minimum Gasteiger partial charge on any atom is -0.277 e. The highest BCUT2D eigenvalue weighted by atomic mass is 15.8. The molecule has 19 heavy (non-hydrogen) atoms. The van der Waals surface area contributed by atoms with Crippen LogP contribution in [0.1, 0.15) is 0 Å². The summed E-state index contributed by atoms with van der Waals surface area (Å²) in [5.74, 6) is 0. The fourth-order valence-corrected chi connectivity index (χ4v) is 2.26. The van der Waals surface area contributed by atoms with Gasteiger partial charge in [-0.25, -0.2) is 0 Å². The van der Waals surface area contributed by atoms with E-state index in [1.54, 1.807) is 0 Å². The third-order valence-electron chi connectivity index (χ3n) is 3.23. The Balaban J connectivity index is 1.73. The van der Waals surface area contributed by atoms with Crippen LogP contribution in [-0.2, 0) is 0 Å². The third kappa shape index (κ3) is 1.65. The number of hydrogen-bond donors (Lipinski definition) is 2. The van der Waals surface area contributed by atoms with E-state index in [9.17, 15) is 0 Å². The molecule has 3 aromatic rings. The molecule has 1 aliphatic heterocycles. The number of rotatable bonds is 1. The standard InChI is InChI=1S/C15H12N4/c1-2-6-13-11(5-1)9-12(10-16-13)19-17-14-7-3-4-8-15(14)18-19/h1-10,17-18H. The first kappa shape index (κ1) is 10.2. The lowest BCUT2D eigenvalue weighted by Gasteiger charge is -2.18. The molecule has 4 rings (SSSR count). The van der Waals surface area contributed by atoms with Gasteiger partial charge in [0.15, 0.2) is 0 Å². The SMILES string of the molecule is c1ccc2c(c1)NN(c1cnc3ccccc3c1)N2. The zero-order valence-electron chi connectivity index (χ0n) is 10.2. The second kappa shape index (κ2) is 3.88. The summed E-state index contributed by atoms with van der Waals surface area (Å²) in [5.41, 5.74) is 10.7. The molecular formula is C15H12N4. The van der Waals surface area contributed by atoms with Crippen molar-refractivity contribution in [1.82, 2.24) is 4.98 Å². The molecule has 4 heteroatoms. The van der Waals surface area contributed by atoms with Crippen molar-refractivity contribution < 1.29 is 0 Å². The lowest BCUT2D eigenvalue weighted by molar-refractivity contribution is 1.11. The first-order valence-electron chi connectivity index (χ1n) is 6.17. The number of nitrogens with zero attached hydrogens (tertiary/aromatic N) is 2. The van der Waals surface area contributed by atoms with Crippen LogP contribution in [-0.4, -0.2) is 4.98 Å². The molecule has 0 spiro atoms. The topological polar surface area (TPSA) is 40.2 Å². The Bertz CT molecular complexity index is 729. The van der Waals surface area contributed by atoms with Crippen molar-refractivity contribution in [2.45, 2.75) is 0 Å². The molecule has 0 radical (unpaired) electrons. The summed E-state index contributed by atoms with van der Waals surface area (Å²) in [5, 5.41) is 3.00. The average Bonchev–Trinajstić information content (AvgIpc) is 2.90. The van der Waals surface area contributed by atoms with Crippen LogP contribution in [0.25, 0.3) is 10.9 Å². The molecule has 0 saturated heterocycles. The van der Waals surface area contributed by atoms with Crippen molar-refractivity contribution >= 4 is 28.0 Å². The van der Waals surface area contributed by atoms with Gasteiger partial charge in [-0.15, -0.1) is 0 Å². The molecule has 0 bridgehead atoms. The number of benzene rings is 2. The number of hydrazine groups is 2. The van der Waals surface area contributed by atoms with Crippen LogP contribution in [0.15, 0.2) is 60.8 Å². The van der Waals surface area contributed by atoms with Crippen molar-refractivity contribution in [3.63, 3.8) is 0 Å². The third-order valence-corrected chi connectivity index (χ3v) is 3.23. The number of nitrogens with one attached hydrogen (secondary N) is 2. The zero-order chi connectivity index (χ0) is 12.7. The largest absolute Gasteiger partial charge is 0.277 e. The molecule has 1 aromatic heterocycles. The van der Waals surface area contributed by atoms with Crippen molar-refractivity contribution in [2.24, 2.45) is 0 Å². The number of anilines is 3. The molecule has 0 saturated carbocycles. The molecule has 2 heterocycles. The number of hydrogen-bond acceptors (Lipinski definition) is 4. The fourth-order valence-electron chi connectivity index (χ4n) is 2.26. The normalized spacial score (nSPS) is 12.9. The predicted molar refractivity (Wildman–Crippen MR) is 77.9 cm³/mol. The molecule has 4 nitrogen and oxygen atoms in total. The molecule has 0 aliphatic carbocycles. The summed E-state index contributed by atoms with van der Waals surface area (Å²) in [6, 6.07) is 18.3. The van der Waals surface area contributed by atoms with Gasteiger partial charge >= 0.3 is 0 Å². The minimum absolute atomic E-state index is 0.981. The van der Waals surface area contributed by atoms with Crippen molar-refractivity contribution in [3.05, 3.63) is 60.8 Å². The Morgan fingerprint density at radius 1 is 0.842 bits per heavy atom. The van der Waals surface area contributed by atoms with E-state index in [1.807, 2.05) is 53.8 Å². The highest BCUT2D eigenvalue weighted by Crippen LogP contribution is 2.31. The first-order valence-corrected chi connectivity index (χ1v) is 6.17. The van der Waals surface area contributed by atoms with Gasteiger partial charge in [0.2, 0.25) is 0 Å². The maximum absolute atomic E-state index is 4.47. The average molecular weight is 248 g/mol. The minimum atomic E-state index is 0.981. The highest BCUT2D eigenvalue weighted by molar-refractivity contribution is 5.84. The zero-order valence-corrected chi connectivity index (χ0v) is 10.2. The van der Waals surface area contributed by atoms with Crippen LogP contribution in [0.5, 0.6) is 0 Å². The van der Waals surface area contributed by atoms with E-state index in [1.165, 1.54) is 0 Å². The van der Waals surface area contributed by atoms with Crippen LogP contribution >= 0.6 is 0 Å². The predicted octanol–water partition coefficient (Wildman–Crippen LogP) is 3.41. The monoisotopic (exact) mass is 248 g/mol. The molecule has 1 aliphatic rings. The number of pyridine rings is 1. The van der Waals surface area contributed by atoms with Gasteiger partial charge in [0.05, 0.1) is 23.1 Å².